The van der Waals surface area contributed by atoms with E-state index in [0.29, 0.717) is 13.2 Å². The number of halogens is 2. The molecule has 0 fully saturated rings. The van der Waals surface area contributed by atoms with Crippen molar-refractivity contribution in [3.05, 3.63) is 32.5 Å². The van der Waals surface area contributed by atoms with E-state index in [1.165, 1.54) is 6.07 Å². The quantitative estimate of drug-likeness (QED) is 0.619. The molecule has 1 rings (SSSR count). The van der Waals surface area contributed by atoms with Crippen LogP contribution in [0.25, 0.3) is 0 Å². The number of ether oxygens (including phenoxy) is 1. The Balaban J connectivity index is 2.89. The van der Waals surface area contributed by atoms with Crippen molar-refractivity contribution in [3.8, 4) is 5.75 Å². The molecule has 0 aromatic heterocycles. The zero-order chi connectivity index (χ0) is 13.0. The van der Waals surface area contributed by atoms with Crippen molar-refractivity contribution in [1.29, 1.82) is 0 Å². The van der Waals surface area contributed by atoms with E-state index >= 15 is 0 Å². The lowest BCUT2D eigenvalue weighted by molar-refractivity contribution is -0.386. The number of hydrogen-bond donors (Lipinski definition) is 0. The maximum atomic E-state index is 13.2. The first-order valence-corrected chi connectivity index (χ1v) is 5.62. The van der Waals surface area contributed by atoms with Gasteiger partial charge in [-0.25, -0.2) is 4.39 Å². The lowest BCUT2D eigenvalue weighted by Gasteiger charge is -2.11. The van der Waals surface area contributed by atoms with Crippen molar-refractivity contribution >= 4 is 21.6 Å². The highest BCUT2D eigenvalue weighted by Crippen LogP contribution is 2.32. The molecular formula is C10H12BrFN2O3. The van der Waals surface area contributed by atoms with Crippen molar-refractivity contribution in [2.75, 3.05) is 27.2 Å². The topological polar surface area (TPSA) is 55.6 Å². The van der Waals surface area contributed by atoms with Crippen LogP contribution in [0.3, 0.4) is 0 Å². The Morgan fingerprint density at radius 3 is 2.71 bits per heavy atom. The average molecular weight is 307 g/mol. The largest absolute Gasteiger partial charge is 0.485 e. The predicted molar refractivity (Wildman–Crippen MR) is 64.8 cm³/mol. The third kappa shape index (κ3) is 3.94. The lowest BCUT2D eigenvalue weighted by Crippen LogP contribution is -2.19. The molecule has 1 aromatic carbocycles. The Labute approximate surface area is 106 Å². The van der Waals surface area contributed by atoms with Crippen molar-refractivity contribution in [2.24, 2.45) is 0 Å². The molecule has 0 aliphatic carbocycles. The highest BCUT2D eigenvalue weighted by atomic mass is 79.9. The van der Waals surface area contributed by atoms with Crippen molar-refractivity contribution in [3.63, 3.8) is 0 Å². The summed E-state index contributed by atoms with van der Waals surface area (Å²) in [6, 6.07) is 2.11. The van der Waals surface area contributed by atoms with E-state index in [1.807, 2.05) is 19.0 Å². The van der Waals surface area contributed by atoms with Gasteiger partial charge in [0.05, 0.1) is 15.5 Å². The third-order valence-electron chi connectivity index (χ3n) is 1.99. The van der Waals surface area contributed by atoms with Crippen LogP contribution in [0, 0.1) is 15.9 Å². The second-order valence-corrected chi connectivity index (χ2v) is 4.50. The molecule has 0 aliphatic heterocycles. The highest BCUT2D eigenvalue weighted by molar-refractivity contribution is 9.10. The number of likely N-dealkylation sites (N-methyl/N-ethyl adjacent to an activating group) is 1. The highest BCUT2D eigenvalue weighted by Gasteiger charge is 2.18. The molecule has 0 N–H and O–H groups in total. The fourth-order valence-corrected chi connectivity index (χ4v) is 1.44. The van der Waals surface area contributed by atoms with Crippen molar-refractivity contribution < 1.29 is 14.1 Å². The van der Waals surface area contributed by atoms with E-state index in [4.69, 9.17) is 4.74 Å². The van der Waals surface area contributed by atoms with E-state index in [1.54, 1.807) is 0 Å². The monoisotopic (exact) mass is 306 g/mol. The van der Waals surface area contributed by atoms with Crippen LogP contribution in [0.2, 0.25) is 0 Å². The van der Waals surface area contributed by atoms with Gasteiger partial charge in [-0.2, -0.15) is 0 Å². The summed E-state index contributed by atoms with van der Waals surface area (Å²) in [5, 5.41) is 10.7. The van der Waals surface area contributed by atoms with Gasteiger partial charge in [0.1, 0.15) is 12.4 Å². The number of benzene rings is 1. The zero-order valence-corrected chi connectivity index (χ0v) is 11.0. The van der Waals surface area contributed by atoms with Gasteiger partial charge in [-0.05, 0) is 30.0 Å². The minimum atomic E-state index is -0.684. The van der Waals surface area contributed by atoms with Crippen LogP contribution >= 0.6 is 15.9 Å². The summed E-state index contributed by atoms with van der Waals surface area (Å²) < 4.78 is 18.6. The summed E-state index contributed by atoms with van der Waals surface area (Å²) in [5.74, 6) is -0.623. The Hall–Kier alpha value is -1.21. The van der Waals surface area contributed by atoms with Crippen LogP contribution in [0.15, 0.2) is 16.6 Å². The summed E-state index contributed by atoms with van der Waals surface area (Å²) in [7, 11) is 3.72. The summed E-state index contributed by atoms with van der Waals surface area (Å²) in [6.07, 6.45) is 0. The number of rotatable bonds is 5. The normalized spacial score (nSPS) is 10.6. The molecule has 1 aromatic rings. The molecule has 5 nitrogen and oxygen atoms in total. The van der Waals surface area contributed by atoms with Gasteiger partial charge >= 0.3 is 5.69 Å². The van der Waals surface area contributed by atoms with Gasteiger partial charge in [-0.15, -0.1) is 0 Å². The molecule has 0 unspecified atom stereocenters. The second kappa shape index (κ2) is 5.92. The summed E-state index contributed by atoms with van der Waals surface area (Å²) in [4.78, 5) is 11.9. The fourth-order valence-electron chi connectivity index (χ4n) is 1.11. The number of hydrogen-bond acceptors (Lipinski definition) is 4. The van der Waals surface area contributed by atoms with Gasteiger partial charge in [0.15, 0.2) is 5.75 Å². The number of nitro benzene ring substituents is 1. The predicted octanol–water partition coefficient (Wildman–Crippen LogP) is 2.44. The maximum Gasteiger partial charge on any atom is 0.313 e. The summed E-state index contributed by atoms with van der Waals surface area (Å²) >= 11 is 2.96. The molecule has 7 heteroatoms. The molecule has 0 saturated heterocycles. The van der Waals surface area contributed by atoms with E-state index in [9.17, 15) is 14.5 Å². The van der Waals surface area contributed by atoms with Gasteiger partial charge in [0, 0.05) is 12.6 Å². The molecule has 0 amide bonds. The van der Waals surface area contributed by atoms with Crippen molar-refractivity contribution in [2.45, 2.75) is 0 Å². The van der Waals surface area contributed by atoms with E-state index in [-0.39, 0.29) is 15.9 Å². The second-order valence-electron chi connectivity index (χ2n) is 3.64. The molecule has 0 radical (unpaired) electrons. The van der Waals surface area contributed by atoms with Crippen LogP contribution in [-0.2, 0) is 0 Å². The maximum absolute atomic E-state index is 13.2. The van der Waals surface area contributed by atoms with E-state index in [0.717, 1.165) is 6.07 Å². The van der Waals surface area contributed by atoms with Crippen LogP contribution in [-0.4, -0.2) is 37.1 Å². The smallest absolute Gasteiger partial charge is 0.313 e. The molecule has 0 atom stereocenters. The molecule has 17 heavy (non-hydrogen) atoms. The van der Waals surface area contributed by atoms with Gasteiger partial charge < -0.3 is 9.64 Å². The van der Waals surface area contributed by atoms with Crippen LogP contribution in [0.4, 0.5) is 10.1 Å². The van der Waals surface area contributed by atoms with Crippen LogP contribution in [0.1, 0.15) is 0 Å². The van der Waals surface area contributed by atoms with Gasteiger partial charge in [0.2, 0.25) is 0 Å². The summed E-state index contributed by atoms with van der Waals surface area (Å²) in [6.45, 7) is 0.915. The zero-order valence-electron chi connectivity index (χ0n) is 9.44. The Bertz CT molecular complexity index is 426. The molecule has 0 bridgehead atoms. The Kier molecular flexibility index (Phi) is 4.83. The molecule has 0 saturated carbocycles. The standard InChI is InChI=1S/C10H12BrFN2O3/c1-13(2)3-4-17-10-5-7(11)8(12)6-9(10)14(15)16/h5-6H,3-4H2,1-2H3. The molecule has 0 aliphatic rings. The minimum absolute atomic E-state index is 0.0603. The van der Waals surface area contributed by atoms with E-state index in [2.05, 4.69) is 15.9 Å². The fraction of sp³-hybridized carbons (Fsp3) is 0.400. The minimum Gasteiger partial charge on any atom is -0.485 e. The third-order valence-corrected chi connectivity index (χ3v) is 2.60. The molecule has 0 heterocycles. The summed E-state index contributed by atoms with van der Waals surface area (Å²) in [5.41, 5.74) is -0.371. The van der Waals surface area contributed by atoms with E-state index < -0.39 is 10.7 Å². The van der Waals surface area contributed by atoms with Gasteiger partial charge in [-0.1, -0.05) is 0 Å². The van der Waals surface area contributed by atoms with Crippen molar-refractivity contribution in [1.82, 2.24) is 4.90 Å². The first-order chi connectivity index (χ1) is 7.91. The Morgan fingerprint density at radius 2 is 2.18 bits per heavy atom. The average Bonchev–Trinajstić information content (AvgIpc) is 2.22. The first-order valence-electron chi connectivity index (χ1n) is 4.82. The molecule has 94 valence electrons. The van der Waals surface area contributed by atoms with Crippen LogP contribution in [0.5, 0.6) is 5.75 Å². The lowest BCUT2D eigenvalue weighted by atomic mass is 10.3. The van der Waals surface area contributed by atoms with Gasteiger partial charge in [0.25, 0.3) is 0 Å². The molecule has 0 spiro atoms. The van der Waals surface area contributed by atoms with Crippen LogP contribution < -0.4 is 4.74 Å². The number of nitrogens with zero attached hydrogens (tertiary/aromatic N) is 2. The van der Waals surface area contributed by atoms with Gasteiger partial charge in [-0.3, -0.25) is 10.1 Å². The Morgan fingerprint density at radius 1 is 1.53 bits per heavy atom. The SMILES string of the molecule is CN(C)CCOc1cc(Br)c(F)cc1[N+](=O)[O-]. The first kappa shape index (κ1) is 13.9. The number of nitro groups is 1. The molecular weight excluding hydrogens is 295 g/mol.